The SMILES string of the molecule is C=Cc1ccc2cc3ccccc3cc2c1S(N)(=O)=O. The van der Waals surface area contributed by atoms with E-state index in [-0.39, 0.29) is 4.90 Å². The van der Waals surface area contributed by atoms with Crippen molar-refractivity contribution >= 4 is 37.6 Å². The zero-order valence-electron chi connectivity index (χ0n) is 10.7. The molecule has 0 aliphatic carbocycles. The number of fused-ring (bicyclic) bond motifs is 2. The van der Waals surface area contributed by atoms with E-state index in [1.54, 1.807) is 6.07 Å². The molecule has 3 aromatic carbocycles. The van der Waals surface area contributed by atoms with Gasteiger partial charge in [-0.2, -0.15) is 0 Å². The van der Waals surface area contributed by atoms with Gasteiger partial charge in [-0.05, 0) is 33.9 Å². The Morgan fingerprint density at radius 3 is 2.20 bits per heavy atom. The van der Waals surface area contributed by atoms with Crippen LogP contribution in [-0.4, -0.2) is 8.42 Å². The number of benzene rings is 3. The first-order valence-corrected chi connectivity index (χ1v) is 7.66. The van der Waals surface area contributed by atoms with Gasteiger partial charge in [0.25, 0.3) is 0 Å². The Hall–Kier alpha value is -2.17. The summed E-state index contributed by atoms with van der Waals surface area (Å²) in [6.07, 6.45) is 1.51. The fourth-order valence-corrected chi connectivity index (χ4v) is 3.44. The largest absolute Gasteiger partial charge is 0.239 e. The second kappa shape index (κ2) is 4.44. The van der Waals surface area contributed by atoms with E-state index in [2.05, 4.69) is 6.58 Å². The lowest BCUT2D eigenvalue weighted by Crippen LogP contribution is -2.14. The van der Waals surface area contributed by atoms with Crippen LogP contribution in [0.15, 0.2) is 60.0 Å². The lowest BCUT2D eigenvalue weighted by molar-refractivity contribution is 0.598. The topological polar surface area (TPSA) is 60.2 Å². The molecular formula is C16H13NO2S. The summed E-state index contributed by atoms with van der Waals surface area (Å²) in [6, 6.07) is 15.2. The highest BCUT2D eigenvalue weighted by atomic mass is 32.2. The maximum atomic E-state index is 11.9. The molecule has 0 aromatic heterocycles. The van der Waals surface area contributed by atoms with Crippen LogP contribution in [0.2, 0.25) is 0 Å². The molecule has 0 saturated heterocycles. The van der Waals surface area contributed by atoms with Gasteiger partial charge >= 0.3 is 0 Å². The summed E-state index contributed by atoms with van der Waals surface area (Å²) < 4.78 is 23.8. The summed E-state index contributed by atoms with van der Waals surface area (Å²) >= 11 is 0. The Morgan fingerprint density at radius 2 is 1.60 bits per heavy atom. The fraction of sp³-hybridized carbons (Fsp3) is 0. The minimum absolute atomic E-state index is 0.135. The molecule has 0 spiro atoms. The number of primary sulfonamides is 1. The molecule has 0 unspecified atom stereocenters. The minimum Gasteiger partial charge on any atom is -0.225 e. The standard InChI is InChI=1S/C16H13NO2S/c1-2-11-7-8-14-9-12-5-3-4-6-13(12)10-15(14)16(11)20(17,18)19/h2-10H,1H2,(H2,17,18,19). The summed E-state index contributed by atoms with van der Waals surface area (Å²) in [7, 11) is -3.81. The van der Waals surface area contributed by atoms with Crippen LogP contribution in [0.1, 0.15) is 5.56 Å². The van der Waals surface area contributed by atoms with E-state index in [0.717, 1.165) is 16.2 Å². The predicted molar refractivity (Wildman–Crippen MR) is 82.9 cm³/mol. The van der Waals surface area contributed by atoms with Crippen molar-refractivity contribution in [1.82, 2.24) is 0 Å². The molecule has 0 aliphatic heterocycles. The molecular weight excluding hydrogens is 270 g/mol. The number of rotatable bonds is 2. The molecule has 4 heteroatoms. The third-order valence-corrected chi connectivity index (χ3v) is 4.40. The van der Waals surface area contributed by atoms with Gasteiger partial charge in [0.05, 0.1) is 4.90 Å². The third-order valence-electron chi connectivity index (χ3n) is 3.37. The van der Waals surface area contributed by atoms with Gasteiger partial charge in [0.1, 0.15) is 0 Å². The van der Waals surface area contributed by atoms with Crippen LogP contribution in [-0.2, 0) is 10.0 Å². The number of sulfonamides is 1. The van der Waals surface area contributed by atoms with Crippen molar-refractivity contribution in [3.8, 4) is 0 Å². The molecule has 3 nitrogen and oxygen atoms in total. The zero-order valence-corrected chi connectivity index (χ0v) is 11.5. The second-order valence-electron chi connectivity index (χ2n) is 4.65. The third kappa shape index (κ3) is 1.99. The Balaban J connectivity index is 2.56. The smallest absolute Gasteiger partial charge is 0.225 e. The maximum Gasteiger partial charge on any atom is 0.239 e. The highest BCUT2D eigenvalue weighted by Gasteiger charge is 2.16. The highest BCUT2D eigenvalue weighted by molar-refractivity contribution is 7.89. The van der Waals surface area contributed by atoms with Crippen LogP contribution in [0.5, 0.6) is 0 Å². The summed E-state index contributed by atoms with van der Waals surface area (Å²) in [6.45, 7) is 3.65. The molecule has 0 aliphatic rings. The molecule has 3 aromatic rings. The molecule has 0 bridgehead atoms. The van der Waals surface area contributed by atoms with Gasteiger partial charge in [0.2, 0.25) is 10.0 Å². The van der Waals surface area contributed by atoms with E-state index in [1.807, 2.05) is 42.5 Å². The molecule has 0 atom stereocenters. The van der Waals surface area contributed by atoms with E-state index in [9.17, 15) is 8.42 Å². The number of nitrogens with two attached hydrogens (primary N) is 1. The van der Waals surface area contributed by atoms with Crippen molar-refractivity contribution < 1.29 is 8.42 Å². The van der Waals surface area contributed by atoms with Crippen LogP contribution in [0.25, 0.3) is 27.6 Å². The molecule has 0 radical (unpaired) electrons. The first-order valence-electron chi connectivity index (χ1n) is 6.11. The van der Waals surface area contributed by atoms with E-state index in [4.69, 9.17) is 5.14 Å². The molecule has 0 amide bonds. The second-order valence-corrected chi connectivity index (χ2v) is 6.15. The predicted octanol–water partition coefficient (Wildman–Crippen LogP) is 3.28. The highest BCUT2D eigenvalue weighted by Crippen LogP contribution is 2.30. The Bertz CT molecular complexity index is 943. The van der Waals surface area contributed by atoms with Crippen LogP contribution < -0.4 is 5.14 Å². The normalized spacial score (nSPS) is 11.8. The summed E-state index contributed by atoms with van der Waals surface area (Å²) in [5.41, 5.74) is 0.523. The summed E-state index contributed by atoms with van der Waals surface area (Å²) in [5, 5.41) is 8.88. The van der Waals surface area contributed by atoms with Crippen molar-refractivity contribution in [2.75, 3.05) is 0 Å². The summed E-state index contributed by atoms with van der Waals surface area (Å²) in [5.74, 6) is 0. The van der Waals surface area contributed by atoms with Gasteiger partial charge in [-0.15, -0.1) is 0 Å². The molecule has 0 heterocycles. The summed E-state index contributed by atoms with van der Waals surface area (Å²) in [4.78, 5) is 0.135. The van der Waals surface area contributed by atoms with Crippen molar-refractivity contribution in [2.45, 2.75) is 4.90 Å². The van der Waals surface area contributed by atoms with Crippen LogP contribution in [0.3, 0.4) is 0 Å². The van der Waals surface area contributed by atoms with Crippen molar-refractivity contribution in [1.29, 1.82) is 0 Å². The zero-order chi connectivity index (χ0) is 14.3. The molecule has 0 saturated carbocycles. The van der Waals surface area contributed by atoms with Gasteiger partial charge in [-0.1, -0.05) is 49.1 Å². The maximum absolute atomic E-state index is 11.9. The monoisotopic (exact) mass is 283 g/mol. The van der Waals surface area contributed by atoms with Gasteiger partial charge in [0.15, 0.2) is 0 Å². The van der Waals surface area contributed by atoms with E-state index in [0.29, 0.717) is 10.9 Å². The quantitative estimate of drug-likeness (QED) is 0.734. The van der Waals surface area contributed by atoms with Gasteiger partial charge in [-0.25, -0.2) is 13.6 Å². The van der Waals surface area contributed by atoms with Crippen molar-refractivity contribution in [3.63, 3.8) is 0 Å². The molecule has 100 valence electrons. The Kier molecular flexibility index (Phi) is 2.85. The lowest BCUT2D eigenvalue weighted by Gasteiger charge is -2.10. The van der Waals surface area contributed by atoms with E-state index < -0.39 is 10.0 Å². The Labute approximate surface area is 117 Å². The number of hydrogen-bond donors (Lipinski definition) is 1. The lowest BCUT2D eigenvalue weighted by atomic mass is 10.0. The fourth-order valence-electron chi connectivity index (χ4n) is 2.48. The average Bonchev–Trinajstić information content (AvgIpc) is 2.42. The molecule has 2 N–H and O–H groups in total. The van der Waals surface area contributed by atoms with Crippen LogP contribution in [0.4, 0.5) is 0 Å². The van der Waals surface area contributed by atoms with Gasteiger partial charge in [0, 0.05) is 5.39 Å². The van der Waals surface area contributed by atoms with E-state index >= 15 is 0 Å². The Morgan fingerprint density at radius 1 is 0.950 bits per heavy atom. The minimum atomic E-state index is -3.81. The van der Waals surface area contributed by atoms with Crippen molar-refractivity contribution in [3.05, 3.63) is 60.7 Å². The first-order chi connectivity index (χ1) is 9.50. The number of hydrogen-bond acceptors (Lipinski definition) is 2. The van der Waals surface area contributed by atoms with Gasteiger partial charge < -0.3 is 0 Å². The van der Waals surface area contributed by atoms with Crippen molar-refractivity contribution in [2.24, 2.45) is 5.14 Å². The van der Waals surface area contributed by atoms with E-state index in [1.165, 1.54) is 6.08 Å². The average molecular weight is 283 g/mol. The van der Waals surface area contributed by atoms with Crippen LogP contribution >= 0.6 is 0 Å². The van der Waals surface area contributed by atoms with Gasteiger partial charge in [-0.3, -0.25) is 0 Å². The molecule has 3 rings (SSSR count). The van der Waals surface area contributed by atoms with Crippen LogP contribution in [0, 0.1) is 0 Å². The molecule has 0 fully saturated rings. The molecule has 20 heavy (non-hydrogen) atoms. The first kappa shape index (κ1) is 12.8.